The van der Waals surface area contributed by atoms with Crippen LogP contribution in [0.3, 0.4) is 0 Å². The van der Waals surface area contributed by atoms with Crippen molar-refractivity contribution in [2.45, 2.75) is 25.7 Å². The average molecular weight is 516 g/mol. The zero-order valence-corrected chi connectivity index (χ0v) is 21.2. The molecule has 10 nitrogen and oxygen atoms in total. The standard InChI is InChI=1S/C28H33N7O3/c29-25(36)17-23-22-10-6-20(26(30)31)16-19(22)7-11-24(23)38-27(37)18-4-8-21(9-5-18)34-28(32)33-12-15-35-13-2-1-3-14-35/h4-11,16H,1-3,12-15,17H2,(H2,29,36)(H3,30,31)(H3,32,33,34). The molecule has 0 bridgehead atoms. The summed E-state index contributed by atoms with van der Waals surface area (Å²) in [5, 5.41) is 12.1. The maximum atomic E-state index is 12.9. The number of hydrogen-bond acceptors (Lipinski definition) is 6. The molecule has 0 unspecified atom stereocenters. The Kier molecular flexibility index (Phi) is 8.55. The summed E-state index contributed by atoms with van der Waals surface area (Å²) in [4.78, 5) is 31.5. The molecule has 10 heteroatoms. The third-order valence-electron chi connectivity index (χ3n) is 6.49. The van der Waals surface area contributed by atoms with E-state index < -0.39 is 11.9 Å². The molecule has 198 valence electrons. The largest absolute Gasteiger partial charge is 0.423 e. The number of nitrogen functional groups attached to an aromatic ring is 1. The lowest BCUT2D eigenvalue weighted by Crippen LogP contribution is -2.32. The van der Waals surface area contributed by atoms with Crippen LogP contribution in [0.1, 0.15) is 40.7 Å². The maximum absolute atomic E-state index is 12.9. The molecule has 1 amide bonds. The summed E-state index contributed by atoms with van der Waals surface area (Å²) in [6.07, 6.45) is 3.66. The number of benzene rings is 3. The van der Waals surface area contributed by atoms with E-state index in [0.717, 1.165) is 25.0 Å². The molecule has 1 heterocycles. The smallest absolute Gasteiger partial charge is 0.343 e. The van der Waals surface area contributed by atoms with Crippen molar-refractivity contribution in [3.8, 4) is 5.75 Å². The Labute approximate surface area is 221 Å². The Morgan fingerprint density at radius 1 is 0.947 bits per heavy atom. The van der Waals surface area contributed by atoms with E-state index in [1.807, 2.05) is 0 Å². The SMILES string of the molecule is N=C(N)c1ccc2c(CC(N)=O)c(OC(=O)c3ccc(NC(N)=NCCN4CCCCC4)cc3)ccc2c1. The number of likely N-dealkylation sites (tertiary alicyclic amines) is 1. The number of nitrogens with two attached hydrogens (primary N) is 3. The molecule has 3 aromatic carbocycles. The van der Waals surface area contributed by atoms with Crippen LogP contribution in [-0.2, 0) is 11.2 Å². The average Bonchev–Trinajstić information content (AvgIpc) is 2.90. The molecule has 4 rings (SSSR count). The van der Waals surface area contributed by atoms with Gasteiger partial charge >= 0.3 is 5.97 Å². The number of ether oxygens (including phenoxy) is 1. The van der Waals surface area contributed by atoms with Gasteiger partial charge in [0.15, 0.2) is 5.96 Å². The van der Waals surface area contributed by atoms with E-state index in [9.17, 15) is 9.59 Å². The van der Waals surface area contributed by atoms with Crippen LogP contribution < -0.4 is 27.3 Å². The molecule has 1 aliphatic heterocycles. The predicted molar refractivity (Wildman–Crippen MR) is 150 cm³/mol. The minimum Gasteiger partial charge on any atom is -0.423 e. The number of amides is 1. The number of carbonyl (C=O) groups excluding carboxylic acids is 2. The van der Waals surface area contributed by atoms with E-state index in [0.29, 0.717) is 40.3 Å². The molecule has 3 aromatic rings. The van der Waals surface area contributed by atoms with Gasteiger partial charge in [0, 0.05) is 23.4 Å². The van der Waals surface area contributed by atoms with Crippen molar-refractivity contribution in [1.82, 2.24) is 4.90 Å². The number of esters is 1. The molecule has 0 radical (unpaired) electrons. The molecular formula is C28H33N7O3. The zero-order chi connectivity index (χ0) is 27.1. The Morgan fingerprint density at radius 2 is 1.66 bits per heavy atom. The van der Waals surface area contributed by atoms with E-state index in [1.54, 1.807) is 54.6 Å². The van der Waals surface area contributed by atoms with Gasteiger partial charge in [-0.25, -0.2) is 4.79 Å². The highest BCUT2D eigenvalue weighted by Crippen LogP contribution is 2.30. The van der Waals surface area contributed by atoms with Gasteiger partial charge in [0.2, 0.25) is 5.91 Å². The lowest BCUT2D eigenvalue weighted by Gasteiger charge is -2.25. The van der Waals surface area contributed by atoms with E-state index >= 15 is 0 Å². The lowest BCUT2D eigenvalue weighted by atomic mass is 9.98. The van der Waals surface area contributed by atoms with Crippen LogP contribution in [-0.4, -0.2) is 54.8 Å². The van der Waals surface area contributed by atoms with Crippen molar-refractivity contribution < 1.29 is 14.3 Å². The highest BCUT2D eigenvalue weighted by atomic mass is 16.5. The van der Waals surface area contributed by atoms with Crippen molar-refractivity contribution in [1.29, 1.82) is 5.41 Å². The second-order valence-corrected chi connectivity index (χ2v) is 9.30. The first-order valence-electron chi connectivity index (χ1n) is 12.6. The third-order valence-corrected chi connectivity index (χ3v) is 6.49. The summed E-state index contributed by atoms with van der Waals surface area (Å²) < 4.78 is 5.66. The Morgan fingerprint density at radius 3 is 2.34 bits per heavy atom. The number of anilines is 1. The van der Waals surface area contributed by atoms with Gasteiger partial charge in [-0.05, 0) is 73.1 Å². The number of fused-ring (bicyclic) bond motifs is 1. The highest BCUT2D eigenvalue weighted by molar-refractivity contribution is 6.01. The van der Waals surface area contributed by atoms with Gasteiger partial charge in [0.05, 0.1) is 18.5 Å². The third kappa shape index (κ3) is 6.86. The Bertz CT molecular complexity index is 1360. The molecule has 1 aliphatic rings. The van der Waals surface area contributed by atoms with Crippen molar-refractivity contribution in [2.24, 2.45) is 22.2 Å². The number of guanidine groups is 1. The fraction of sp³-hybridized carbons (Fsp3) is 0.286. The number of aliphatic imine (C=N–C) groups is 1. The van der Waals surface area contributed by atoms with Gasteiger partial charge < -0.3 is 32.2 Å². The number of piperidine rings is 1. The molecule has 0 atom stereocenters. The summed E-state index contributed by atoms with van der Waals surface area (Å²) in [6.45, 7) is 3.74. The van der Waals surface area contributed by atoms with Crippen LogP contribution in [0, 0.1) is 5.41 Å². The van der Waals surface area contributed by atoms with Crippen molar-refractivity contribution in [2.75, 3.05) is 31.5 Å². The first kappa shape index (κ1) is 26.6. The summed E-state index contributed by atoms with van der Waals surface area (Å²) in [5.41, 5.74) is 19.1. The Balaban J connectivity index is 1.43. The molecule has 1 fully saturated rings. The van der Waals surface area contributed by atoms with Crippen molar-refractivity contribution in [3.63, 3.8) is 0 Å². The van der Waals surface area contributed by atoms with E-state index in [1.165, 1.54) is 19.3 Å². The first-order chi connectivity index (χ1) is 18.3. The fourth-order valence-electron chi connectivity index (χ4n) is 4.52. The van der Waals surface area contributed by atoms with Crippen molar-refractivity contribution >= 4 is 40.1 Å². The summed E-state index contributed by atoms with van der Waals surface area (Å²) >= 11 is 0. The molecular weight excluding hydrogens is 482 g/mol. The van der Waals surface area contributed by atoms with Crippen LogP contribution in [0.4, 0.5) is 5.69 Å². The summed E-state index contributed by atoms with van der Waals surface area (Å²) in [7, 11) is 0. The minimum absolute atomic E-state index is 0.0673. The number of amidine groups is 1. The maximum Gasteiger partial charge on any atom is 0.343 e. The number of rotatable bonds is 9. The van der Waals surface area contributed by atoms with E-state index in [-0.39, 0.29) is 18.0 Å². The number of nitrogens with zero attached hydrogens (tertiary/aromatic N) is 2. The second-order valence-electron chi connectivity index (χ2n) is 9.30. The van der Waals surface area contributed by atoms with E-state index in [2.05, 4.69) is 15.2 Å². The normalized spacial score (nSPS) is 14.3. The topological polar surface area (TPSA) is 173 Å². The molecule has 0 aliphatic carbocycles. The molecule has 38 heavy (non-hydrogen) atoms. The van der Waals surface area contributed by atoms with Gasteiger partial charge in [-0.2, -0.15) is 0 Å². The highest BCUT2D eigenvalue weighted by Gasteiger charge is 2.17. The molecule has 1 saturated heterocycles. The van der Waals surface area contributed by atoms with Gasteiger partial charge in [-0.15, -0.1) is 0 Å². The predicted octanol–water partition coefficient (Wildman–Crippen LogP) is 2.58. The number of primary amides is 1. The molecule has 8 N–H and O–H groups in total. The summed E-state index contributed by atoms with van der Waals surface area (Å²) in [5.74, 6) is -0.648. The molecule has 0 spiro atoms. The van der Waals surface area contributed by atoms with Crippen LogP contribution in [0.5, 0.6) is 5.75 Å². The van der Waals surface area contributed by atoms with Gasteiger partial charge in [-0.3, -0.25) is 15.2 Å². The fourth-order valence-corrected chi connectivity index (χ4v) is 4.52. The van der Waals surface area contributed by atoms with Crippen LogP contribution in [0.25, 0.3) is 10.8 Å². The Hall–Kier alpha value is -4.44. The monoisotopic (exact) mass is 515 g/mol. The first-order valence-corrected chi connectivity index (χ1v) is 12.6. The number of carbonyl (C=O) groups is 2. The van der Waals surface area contributed by atoms with E-state index in [4.69, 9.17) is 27.3 Å². The number of hydrogen-bond donors (Lipinski definition) is 5. The van der Waals surface area contributed by atoms with Gasteiger partial charge in [0.25, 0.3) is 0 Å². The quantitative estimate of drug-likeness (QED) is 0.126. The van der Waals surface area contributed by atoms with Crippen molar-refractivity contribution in [3.05, 3.63) is 71.3 Å². The van der Waals surface area contributed by atoms with Crippen LogP contribution in [0.2, 0.25) is 0 Å². The van der Waals surface area contributed by atoms with Gasteiger partial charge in [-0.1, -0.05) is 24.6 Å². The molecule has 0 saturated carbocycles. The van der Waals surface area contributed by atoms with Crippen LogP contribution in [0.15, 0.2) is 59.6 Å². The molecule has 0 aromatic heterocycles. The lowest BCUT2D eigenvalue weighted by molar-refractivity contribution is -0.117. The number of nitrogens with one attached hydrogen (secondary N) is 2. The zero-order valence-electron chi connectivity index (χ0n) is 21.2. The van der Waals surface area contributed by atoms with Gasteiger partial charge in [0.1, 0.15) is 11.6 Å². The summed E-state index contributed by atoms with van der Waals surface area (Å²) in [6, 6.07) is 15.2. The van der Waals surface area contributed by atoms with Crippen LogP contribution >= 0.6 is 0 Å². The second kappa shape index (κ2) is 12.2. The minimum atomic E-state index is -0.579.